The van der Waals surface area contributed by atoms with E-state index in [1.807, 2.05) is 55.6 Å². The number of imidazole rings is 1. The lowest BCUT2D eigenvalue weighted by Gasteiger charge is -2.16. The second-order valence-electron chi connectivity index (χ2n) is 7.33. The smallest absolute Gasteiger partial charge is 0.251 e. The Kier molecular flexibility index (Phi) is 6.40. The highest BCUT2D eigenvalue weighted by Crippen LogP contribution is 2.21. The first-order chi connectivity index (χ1) is 15.4. The van der Waals surface area contributed by atoms with Crippen molar-refractivity contribution in [2.75, 3.05) is 0 Å². The number of sulfonamides is 1. The van der Waals surface area contributed by atoms with Crippen LogP contribution in [0.2, 0.25) is 0 Å². The molecule has 0 aliphatic heterocycles. The van der Waals surface area contributed by atoms with Crippen LogP contribution in [-0.2, 0) is 23.1 Å². The van der Waals surface area contributed by atoms with Crippen LogP contribution in [0, 0.1) is 0 Å². The van der Waals surface area contributed by atoms with Crippen LogP contribution in [-0.4, -0.2) is 23.9 Å². The van der Waals surface area contributed by atoms with Crippen LogP contribution in [0.15, 0.2) is 70.9 Å². The minimum Gasteiger partial charge on any atom is -0.342 e. The first-order valence-corrected chi connectivity index (χ1v) is 12.6. The number of hydrogen-bond donors (Lipinski definition) is 2. The molecule has 0 aliphatic carbocycles. The van der Waals surface area contributed by atoms with Gasteiger partial charge in [-0.1, -0.05) is 24.3 Å². The molecular weight excluding hydrogens is 444 g/mol. The number of amides is 1. The molecule has 4 aromatic rings. The van der Waals surface area contributed by atoms with E-state index in [-0.39, 0.29) is 29.0 Å². The Labute approximate surface area is 191 Å². The van der Waals surface area contributed by atoms with Gasteiger partial charge in [-0.2, -0.15) is 0 Å². The lowest BCUT2D eigenvalue weighted by molar-refractivity contribution is 0.0937. The topological polar surface area (TPSA) is 93.1 Å². The Morgan fingerprint density at radius 3 is 2.69 bits per heavy atom. The van der Waals surface area contributed by atoms with E-state index < -0.39 is 10.0 Å². The van der Waals surface area contributed by atoms with Crippen molar-refractivity contribution in [3.05, 3.63) is 82.3 Å². The standard InChI is InChI=1S/C23H24N4O3S2/c1-3-27-21-12-5-4-11-20(21)26-22(27)16(2)25-23(28)17-8-6-10-19(14-17)32(29,30)24-15-18-9-7-13-31-18/h4-14,16,24H,3,15H2,1-2H3,(H,25,28). The van der Waals surface area contributed by atoms with E-state index in [0.717, 1.165) is 28.3 Å². The fraction of sp³-hybridized carbons (Fsp3) is 0.217. The van der Waals surface area contributed by atoms with Crippen molar-refractivity contribution in [2.45, 2.75) is 37.9 Å². The van der Waals surface area contributed by atoms with Gasteiger partial charge in [0.1, 0.15) is 5.82 Å². The van der Waals surface area contributed by atoms with Gasteiger partial charge in [-0.25, -0.2) is 18.1 Å². The Morgan fingerprint density at radius 1 is 1.12 bits per heavy atom. The molecule has 0 fully saturated rings. The molecule has 2 heterocycles. The minimum atomic E-state index is -3.74. The van der Waals surface area contributed by atoms with E-state index >= 15 is 0 Å². The van der Waals surface area contributed by atoms with Gasteiger partial charge in [-0.15, -0.1) is 11.3 Å². The highest BCUT2D eigenvalue weighted by molar-refractivity contribution is 7.89. The summed E-state index contributed by atoms with van der Waals surface area (Å²) in [6, 6.07) is 17.3. The van der Waals surface area contributed by atoms with Gasteiger partial charge >= 0.3 is 0 Å². The fourth-order valence-electron chi connectivity index (χ4n) is 3.57. The number of carbonyl (C=O) groups excluding carboxylic acids is 1. The molecule has 0 saturated carbocycles. The molecule has 1 unspecified atom stereocenters. The lowest BCUT2D eigenvalue weighted by Crippen LogP contribution is -2.29. The molecule has 2 aromatic carbocycles. The molecule has 32 heavy (non-hydrogen) atoms. The van der Waals surface area contributed by atoms with Gasteiger partial charge in [0.2, 0.25) is 10.0 Å². The van der Waals surface area contributed by atoms with Crippen molar-refractivity contribution < 1.29 is 13.2 Å². The van der Waals surface area contributed by atoms with Crippen LogP contribution in [0.4, 0.5) is 0 Å². The van der Waals surface area contributed by atoms with Crippen molar-refractivity contribution in [1.29, 1.82) is 0 Å². The molecule has 9 heteroatoms. The summed E-state index contributed by atoms with van der Waals surface area (Å²) in [6.45, 7) is 4.83. The second kappa shape index (κ2) is 9.23. The van der Waals surface area contributed by atoms with E-state index in [2.05, 4.69) is 19.6 Å². The number of carbonyl (C=O) groups is 1. The first kappa shape index (κ1) is 22.2. The van der Waals surface area contributed by atoms with Gasteiger partial charge in [0, 0.05) is 23.5 Å². The number of benzene rings is 2. The first-order valence-electron chi connectivity index (χ1n) is 10.3. The molecule has 7 nitrogen and oxygen atoms in total. The largest absolute Gasteiger partial charge is 0.342 e. The number of thiophene rings is 1. The number of rotatable bonds is 8. The number of hydrogen-bond acceptors (Lipinski definition) is 5. The van der Waals surface area contributed by atoms with Crippen LogP contribution in [0.5, 0.6) is 0 Å². The average molecular weight is 469 g/mol. The molecule has 2 aromatic heterocycles. The summed E-state index contributed by atoms with van der Waals surface area (Å²) in [5.41, 5.74) is 2.15. The summed E-state index contributed by atoms with van der Waals surface area (Å²) in [6.07, 6.45) is 0. The molecule has 4 rings (SSSR count). The van der Waals surface area contributed by atoms with Gasteiger partial charge in [-0.3, -0.25) is 4.79 Å². The van der Waals surface area contributed by atoms with Crippen molar-refractivity contribution in [1.82, 2.24) is 19.6 Å². The predicted molar refractivity (Wildman–Crippen MR) is 126 cm³/mol. The monoisotopic (exact) mass is 468 g/mol. The summed E-state index contributed by atoms with van der Waals surface area (Å²) < 4.78 is 30.0. The molecule has 1 amide bonds. The van der Waals surface area contributed by atoms with E-state index in [9.17, 15) is 13.2 Å². The molecule has 0 aliphatic rings. The molecule has 0 saturated heterocycles. The molecule has 1 atom stereocenters. The van der Waals surface area contributed by atoms with Crippen molar-refractivity contribution in [2.24, 2.45) is 0 Å². The van der Waals surface area contributed by atoms with E-state index in [1.54, 1.807) is 12.1 Å². The number of nitrogens with zero attached hydrogens (tertiary/aromatic N) is 2. The Morgan fingerprint density at radius 2 is 1.94 bits per heavy atom. The zero-order chi connectivity index (χ0) is 22.7. The number of nitrogens with one attached hydrogen (secondary N) is 2. The van der Waals surface area contributed by atoms with Gasteiger partial charge < -0.3 is 9.88 Å². The Bertz CT molecular complexity index is 1340. The SMILES string of the molecule is CCn1c(C(C)NC(=O)c2cccc(S(=O)(=O)NCc3cccs3)c2)nc2ccccc21. The maximum absolute atomic E-state index is 12.9. The molecule has 166 valence electrons. The van der Waals surface area contributed by atoms with Gasteiger partial charge in [0.05, 0.1) is 22.0 Å². The summed E-state index contributed by atoms with van der Waals surface area (Å²) in [7, 11) is -3.74. The highest BCUT2D eigenvalue weighted by atomic mass is 32.2. The van der Waals surface area contributed by atoms with Gasteiger partial charge in [0.15, 0.2) is 0 Å². The summed E-state index contributed by atoms with van der Waals surface area (Å²) in [4.78, 5) is 18.5. The highest BCUT2D eigenvalue weighted by Gasteiger charge is 2.20. The minimum absolute atomic E-state index is 0.0511. The summed E-state index contributed by atoms with van der Waals surface area (Å²) in [5.74, 6) is 0.394. The van der Waals surface area contributed by atoms with Gasteiger partial charge in [-0.05, 0) is 55.6 Å². The Hall–Kier alpha value is -3.01. The van der Waals surface area contributed by atoms with Crippen molar-refractivity contribution >= 4 is 38.3 Å². The quantitative estimate of drug-likeness (QED) is 0.407. The van der Waals surface area contributed by atoms with Crippen LogP contribution in [0.3, 0.4) is 0 Å². The third-order valence-corrected chi connectivity index (χ3v) is 7.43. The number of aromatic nitrogens is 2. The predicted octanol–water partition coefficient (Wildman–Crippen LogP) is 4.09. The number of fused-ring (bicyclic) bond motifs is 1. The second-order valence-corrected chi connectivity index (χ2v) is 10.1. The summed E-state index contributed by atoms with van der Waals surface area (Å²) >= 11 is 1.48. The third-order valence-electron chi connectivity index (χ3n) is 5.16. The van der Waals surface area contributed by atoms with Crippen molar-refractivity contribution in [3.63, 3.8) is 0 Å². The molecule has 2 N–H and O–H groups in total. The van der Waals surface area contributed by atoms with E-state index in [0.29, 0.717) is 0 Å². The van der Waals surface area contributed by atoms with Gasteiger partial charge in [0.25, 0.3) is 5.91 Å². The molecular formula is C23H24N4O3S2. The Balaban J connectivity index is 1.52. The maximum Gasteiger partial charge on any atom is 0.251 e. The molecule has 0 spiro atoms. The van der Waals surface area contributed by atoms with Crippen LogP contribution >= 0.6 is 11.3 Å². The number of para-hydroxylation sites is 2. The zero-order valence-corrected chi connectivity index (χ0v) is 19.4. The lowest BCUT2D eigenvalue weighted by atomic mass is 10.2. The summed E-state index contributed by atoms with van der Waals surface area (Å²) in [5, 5.41) is 4.84. The van der Waals surface area contributed by atoms with Crippen LogP contribution in [0.25, 0.3) is 11.0 Å². The van der Waals surface area contributed by atoms with Crippen molar-refractivity contribution in [3.8, 4) is 0 Å². The van der Waals surface area contributed by atoms with E-state index in [1.165, 1.54) is 23.5 Å². The van der Waals surface area contributed by atoms with Crippen LogP contribution in [0.1, 0.15) is 40.9 Å². The normalized spacial score (nSPS) is 12.7. The average Bonchev–Trinajstić information content (AvgIpc) is 3.45. The molecule has 0 radical (unpaired) electrons. The zero-order valence-electron chi connectivity index (χ0n) is 17.8. The van der Waals surface area contributed by atoms with Crippen LogP contribution < -0.4 is 10.0 Å². The maximum atomic E-state index is 12.9. The fourth-order valence-corrected chi connectivity index (χ4v) is 5.36. The third kappa shape index (κ3) is 4.59. The number of aryl methyl sites for hydroxylation is 1. The van der Waals surface area contributed by atoms with E-state index in [4.69, 9.17) is 0 Å². The molecule has 0 bridgehead atoms.